The number of anilines is 2. The lowest BCUT2D eigenvalue weighted by Crippen LogP contribution is -2.04. The van der Waals surface area contributed by atoms with Gasteiger partial charge in [-0.3, -0.25) is 4.79 Å². The van der Waals surface area contributed by atoms with Crippen molar-refractivity contribution in [1.82, 2.24) is 9.97 Å². The first-order valence-electron chi connectivity index (χ1n) is 7.78. The molecule has 0 aliphatic heterocycles. The quantitative estimate of drug-likeness (QED) is 0.480. The minimum Gasteiger partial charge on any atom is -0.366 e. The maximum absolute atomic E-state index is 10.9. The van der Waals surface area contributed by atoms with E-state index in [-0.39, 0.29) is 0 Å². The fourth-order valence-corrected chi connectivity index (χ4v) is 3.66. The van der Waals surface area contributed by atoms with E-state index in [1.165, 1.54) is 17.4 Å². The number of primary amides is 1. The summed E-state index contributed by atoms with van der Waals surface area (Å²) in [6, 6.07) is 12.0. The van der Waals surface area contributed by atoms with Crippen LogP contribution < -0.4 is 11.1 Å². The zero-order valence-electron chi connectivity index (χ0n) is 13.5. The van der Waals surface area contributed by atoms with Crippen molar-refractivity contribution in [3.63, 3.8) is 0 Å². The summed E-state index contributed by atoms with van der Waals surface area (Å²) in [6.07, 6.45) is 6.40. The Bertz CT molecular complexity index is 1210. The van der Waals surface area contributed by atoms with Crippen molar-refractivity contribution in [2.45, 2.75) is 0 Å². The lowest BCUT2D eigenvalue weighted by Gasteiger charge is -2.09. The highest BCUT2D eigenvalue weighted by Crippen LogP contribution is 2.35. The molecule has 0 saturated carbocycles. The second kappa shape index (κ2) is 6.35. The highest BCUT2D eigenvalue weighted by molar-refractivity contribution is 7.19. The van der Waals surface area contributed by atoms with E-state index in [0.29, 0.717) is 11.3 Å². The third-order valence-electron chi connectivity index (χ3n) is 3.94. The Balaban J connectivity index is 1.81. The molecule has 0 aliphatic carbocycles. The summed E-state index contributed by atoms with van der Waals surface area (Å²) in [4.78, 5) is 20.1. The molecule has 0 radical (unpaired) electrons. The second-order valence-electron chi connectivity index (χ2n) is 5.67. The van der Waals surface area contributed by atoms with Crippen LogP contribution >= 0.6 is 11.3 Å². The number of thiophene rings is 1. The molecule has 1 aromatic carbocycles. The molecule has 0 atom stereocenters. The average molecular weight is 359 g/mol. The van der Waals surface area contributed by atoms with Crippen LogP contribution in [0.2, 0.25) is 0 Å². The van der Waals surface area contributed by atoms with Crippen LogP contribution in [0.1, 0.15) is 10.4 Å². The molecule has 0 unspecified atom stereocenters. The van der Waals surface area contributed by atoms with Gasteiger partial charge in [0.2, 0.25) is 5.91 Å². The van der Waals surface area contributed by atoms with Gasteiger partial charge >= 0.3 is 0 Å². The summed E-state index contributed by atoms with van der Waals surface area (Å²) in [5, 5.41) is 14.7. The van der Waals surface area contributed by atoms with Crippen LogP contribution in [0.4, 0.5) is 11.4 Å². The monoisotopic (exact) mass is 359 g/mol. The molecule has 0 saturated heterocycles. The van der Waals surface area contributed by atoms with Gasteiger partial charge in [-0.25, -0.2) is 4.98 Å². The number of aromatic amines is 1. The Morgan fingerprint density at radius 2 is 2.23 bits per heavy atom. The first-order valence-corrected chi connectivity index (χ1v) is 8.60. The maximum Gasteiger partial charge on any atom is 0.241 e. The van der Waals surface area contributed by atoms with Crippen molar-refractivity contribution in [2.75, 3.05) is 5.32 Å². The van der Waals surface area contributed by atoms with Gasteiger partial charge < -0.3 is 16.0 Å². The SMILES string of the molecule is N#Cc1cnc2sc(/C=C/C(N)=O)cc2c1Nc1ccc2[nH]ccc2c1. The first kappa shape index (κ1) is 15.9. The Morgan fingerprint density at radius 3 is 3.04 bits per heavy atom. The van der Waals surface area contributed by atoms with Gasteiger partial charge in [0.15, 0.2) is 0 Å². The number of nitrogens with zero attached hydrogens (tertiary/aromatic N) is 2. The van der Waals surface area contributed by atoms with Crippen LogP contribution in [0.25, 0.3) is 27.2 Å². The first-order chi connectivity index (χ1) is 12.6. The Hall–Kier alpha value is -3.63. The van der Waals surface area contributed by atoms with Gasteiger partial charge in [0, 0.05) is 45.3 Å². The molecule has 4 rings (SSSR count). The third kappa shape index (κ3) is 2.90. The van der Waals surface area contributed by atoms with E-state index >= 15 is 0 Å². The van der Waals surface area contributed by atoms with E-state index in [0.717, 1.165) is 31.7 Å². The molecular formula is C19H13N5OS. The zero-order chi connectivity index (χ0) is 18.1. The highest BCUT2D eigenvalue weighted by atomic mass is 32.1. The number of benzene rings is 1. The molecule has 126 valence electrons. The number of nitrogens with two attached hydrogens (primary N) is 1. The number of rotatable bonds is 4. The number of hydrogen-bond acceptors (Lipinski definition) is 5. The Labute approximate surface area is 152 Å². The number of nitriles is 1. The van der Waals surface area contributed by atoms with E-state index in [1.807, 2.05) is 36.5 Å². The third-order valence-corrected chi connectivity index (χ3v) is 4.94. The molecule has 26 heavy (non-hydrogen) atoms. The van der Waals surface area contributed by atoms with Gasteiger partial charge in [-0.1, -0.05) is 0 Å². The van der Waals surface area contributed by atoms with Crippen LogP contribution in [0.3, 0.4) is 0 Å². The number of fused-ring (bicyclic) bond motifs is 2. The van der Waals surface area contributed by atoms with Gasteiger partial charge in [-0.05, 0) is 36.4 Å². The minimum atomic E-state index is -0.508. The van der Waals surface area contributed by atoms with Crippen LogP contribution in [0, 0.1) is 11.3 Å². The largest absolute Gasteiger partial charge is 0.366 e. The predicted octanol–water partition coefficient (Wildman–Crippen LogP) is 3.89. The number of H-pyrrole nitrogens is 1. The van der Waals surface area contributed by atoms with Crippen LogP contribution in [-0.2, 0) is 4.79 Å². The van der Waals surface area contributed by atoms with Crippen molar-refractivity contribution in [3.05, 3.63) is 59.2 Å². The summed E-state index contributed by atoms with van der Waals surface area (Å²) >= 11 is 1.43. The lowest BCUT2D eigenvalue weighted by molar-refractivity contribution is -0.113. The highest BCUT2D eigenvalue weighted by Gasteiger charge is 2.12. The Morgan fingerprint density at radius 1 is 1.35 bits per heavy atom. The lowest BCUT2D eigenvalue weighted by atomic mass is 10.1. The molecule has 0 fully saturated rings. The van der Waals surface area contributed by atoms with E-state index in [1.54, 1.807) is 12.3 Å². The maximum atomic E-state index is 10.9. The fourth-order valence-electron chi connectivity index (χ4n) is 2.75. The number of nitrogens with one attached hydrogen (secondary N) is 2. The summed E-state index contributed by atoms with van der Waals surface area (Å²) in [5.74, 6) is -0.508. The topological polar surface area (TPSA) is 108 Å². The van der Waals surface area contributed by atoms with Gasteiger partial charge in [-0.2, -0.15) is 5.26 Å². The van der Waals surface area contributed by atoms with Crippen LogP contribution in [0.5, 0.6) is 0 Å². The average Bonchev–Trinajstić information content (AvgIpc) is 3.26. The van der Waals surface area contributed by atoms with Crippen LogP contribution in [-0.4, -0.2) is 15.9 Å². The molecule has 0 spiro atoms. The second-order valence-corrected chi connectivity index (χ2v) is 6.73. The molecule has 4 N–H and O–H groups in total. The summed E-state index contributed by atoms with van der Waals surface area (Å²) in [5.41, 5.74) is 8.23. The molecule has 7 heteroatoms. The fraction of sp³-hybridized carbons (Fsp3) is 0. The van der Waals surface area contributed by atoms with Gasteiger partial charge in [0.25, 0.3) is 0 Å². The number of amides is 1. The van der Waals surface area contributed by atoms with E-state index in [2.05, 4.69) is 21.4 Å². The molecule has 0 bridgehead atoms. The van der Waals surface area contributed by atoms with Gasteiger partial charge in [-0.15, -0.1) is 11.3 Å². The van der Waals surface area contributed by atoms with E-state index in [9.17, 15) is 10.1 Å². The summed E-state index contributed by atoms with van der Waals surface area (Å²) < 4.78 is 0. The molecule has 4 aromatic rings. The number of hydrogen-bond donors (Lipinski definition) is 3. The van der Waals surface area contributed by atoms with Crippen molar-refractivity contribution in [3.8, 4) is 6.07 Å². The van der Waals surface area contributed by atoms with Gasteiger partial charge in [0.1, 0.15) is 10.9 Å². The summed E-state index contributed by atoms with van der Waals surface area (Å²) in [6.45, 7) is 0. The van der Waals surface area contributed by atoms with E-state index in [4.69, 9.17) is 5.73 Å². The molecular weight excluding hydrogens is 346 g/mol. The van der Waals surface area contributed by atoms with Crippen molar-refractivity contribution < 1.29 is 4.79 Å². The zero-order valence-corrected chi connectivity index (χ0v) is 14.3. The van der Waals surface area contributed by atoms with E-state index < -0.39 is 5.91 Å². The van der Waals surface area contributed by atoms with Crippen molar-refractivity contribution >= 4 is 55.8 Å². The number of carbonyl (C=O) groups is 1. The smallest absolute Gasteiger partial charge is 0.241 e. The normalized spacial score (nSPS) is 11.2. The van der Waals surface area contributed by atoms with Crippen molar-refractivity contribution in [2.24, 2.45) is 5.73 Å². The van der Waals surface area contributed by atoms with Gasteiger partial charge in [0.05, 0.1) is 11.3 Å². The molecule has 3 heterocycles. The molecule has 3 aromatic heterocycles. The number of pyridine rings is 1. The molecule has 6 nitrogen and oxygen atoms in total. The number of aromatic nitrogens is 2. The van der Waals surface area contributed by atoms with Crippen LogP contribution in [0.15, 0.2) is 48.8 Å². The predicted molar refractivity (Wildman–Crippen MR) is 104 cm³/mol. The number of carbonyl (C=O) groups excluding carboxylic acids is 1. The standard InChI is InChI=1S/C19H13N5OS/c20-9-12-10-23-19-15(8-14(26-19)2-4-17(21)25)18(12)24-13-1-3-16-11(7-13)5-6-22-16/h1-8,10,22H,(H2,21,25)(H,23,24)/b4-2+. The molecule has 1 amide bonds. The molecule has 0 aliphatic rings. The Kier molecular flexibility index (Phi) is 3.88. The minimum absolute atomic E-state index is 0.454. The summed E-state index contributed by atoms with van der Waals surface area (Å²) in [7, 11) is 0. The van der Waals surface area contributed by atoms with Crippen molar-refractivity contribution in [1.29, 1.82) is 5.26 Å².